The van der Waals surface area contributed by atoms with Crippen LogP contribution in [0.4, 0.5) is 0 Å². The Labute approximate surface area is 318 Å². The summed E-state index contributed by atoms with van der Waals surface area (Å²) in [5.74, 6) is 0.423. The second-order valence-corrected chi connectivity index (χ2v) is 18.3. The molecule has 1 saturated carbocycles. The average Bonchev–Trinajstić information content (AvgIpc) is 3.94. The van der Waals surface area contributed by atoms with Gasteiger partial charge in [-0.1, -0.05) is 32.3 Å². The highest BCUT2D eigenvalue weighted by Gasteiger charge is 2.45. The number of hydrogen-bond donors (Lipinski definition) is 1. The minimum absolute atomic E-state index is 0.0157. The van der Waals surface area contributed by atoms with Crippen molar-refractivity contribution >= 4 is 44.4 Å². The maximum Gasteiger partial charge on any atom is 0.264 e. The van der Waals surface area contributed by atoms with E-state index >= 15 is 0 Å². The highest BCUT2D eigenvalue weighted by molar-refractivity contribution is 7.90. The van der Waals surface area contributed by atoms with Gasteiger partial charge in [0.2, 0.25) is 10.0 Å². The lowest BCUT2D eigenvalue weighted by atomic mass is 9.81. The third kappa shape index (κ3) is 6.15. The Bertz CT molecular complexity index is 2280. The molecule has 2 aromatic heterocycles. The SMILES string of the molecule is CCN1C[C@H]2CC1CN2C(=O)c1cnn(C(C)C)c1C1=Cc2cc(OC)ccc2-c2c(C3CCCCC3)c3ccc(C(=O)NS(=O)(=O)C(C)C)cc3n2C1. The summed E-state index contributed by atoms with van der Waals surface area (Å²) >= 11 is 0. The van der Waals surface area contributed by atoms with Crippen molar-refractivity contribution in [2.24, 2.45) is 0 Å². The van der Waals surface area contributed by atoms with E-state index in [-0.39, 0.29) is 23.6 Å². The topological polar surface area (TPSA) is 119 Å². The van der Waals surface area contributed by atoms with E-state index in [2.05, 4.69) is 58.1 Å². The van der Waals surface area contributed by atoms with Crippen LogP contribution in [0.2, 0.25) is 0 Å². The maximum atomic E-state index is 14.6. The van der Waals surface area contributed by atoms with E-state index in [0.717, 1.165) is 96.5 Å². The molecule has 3 aliphatic heterocycles. The smallest absolute Gasteiger partial charge is 0.264 e. The van der Waals surface area contributed by atoms with Crippen LogP contribution in [0.3, 0.4) is 0 Å². The summed E-state index contributed by atoms with van der Waals surface area (Å²) in [7, 11) is -2.16. The van der Waals surface area contributed by atoms with E-state index in [1.54, 1.807) is 33.2 Å². The number of sulfonamides is 1. The Hall–Kier alpha value is -4.42. The van der Waals surface area contributed by atoms with Gasteiger partial charge in [0.15, 0.2) is 0 Å². The van der Waals surface area contributed by atoms with Gasteiger partial charge in [-0.3, -0.25) is 19.2 Å². The normalized spacial score (nSPS) is 20.4. The maximum absolute atomic E-state index is 14.6. The molecule has 54 heavy (non-hydrogen) atoms. The number of carbonyl (C=O) groups excluding carboxylic acids is 2. The van der Waals surface area contributed by atoms with Crippen LogP contribution < -0.4 is 9.46 Å². The molecule has 8 rings (SSSR count). The highest BCUT2D eigenvalue weighted by atomic mass is 32.2. The van der Waals surface area contributed by atoms with Gasteiger partial charge in [0.05, 0.1) is 42.1 Å². The molecule has 11 nitrogen and oxygen atoms in total. The van der Waals surface area contributed by atoms with Crippen LogP contribution in [-0.2, 0) is 16.6 Å². The van der Waals surface area contributed by atoms with Crippen molar-refractivity contribution in [1.29, 1.82) is 0 Å². The molecule has 2 aromatic carbocycles. The van der Waals surface area contributed by atoms with Crippen LogP contribution in [0, 0.1) is 0 Å². The van der Waals surface area contributed by atoms with Crippen LogP contribution in [0.1, 0.15) is 123 Å². The average molecular weight is 753 g/mol. The molecule has 3 fully saturated rings. The highest BCUT2D eigenvalue weighted by Crippen LogP contribution is 2.48. The molecule has 12 heteroatoms. The van der Waals surface area contributed by atoms with Gasteiger partial charge in [0.25, 0.3) is 11.8 Å². The van der Waals surface area contributed by atoms with Crippen LogP contribution in [0.25, 0.3) is 33.8 Å². The number of ether oxygens (including phenoxy) is 1. The molecule has 4 aliphatic rings. The quantitative estimate of drug-likeness (QED) is 0.194. The number of nitrogens with one attached hydrogen (secondary N) is 1. The Balaban J connectivity index is 1.33. The summed E-state index contributed by atoms with van der Waals surface area (Å²) in [6, 6.07) is 12.3. The molecule has 286 valence electrons. The lowest BCUT2D eigenvalue weighted by Gasteiger charge is -2.33. The van der Waals surface area contributed by atoms with Crippen LogP contribution in [0.15, 0.2) is 42.6 Å². The second-order valence-electron chi connectivity index (χ2n) is 16.1. The third-order valence-corrected chi connectivity index (χ3v) is 14.0. The molecule has 5 heterocycles. The molecule has 2 atom stereocenters. The Morgan fingerprint density at radius 2 is 1.76 bits per heavy atom. The fraction of sp³-hybridized carbons (Fsp3) is 0.500. The van der Waals surface area contributed by atoms with Gasteiger partial charge in [-0.25, -0.2) is 13.1 Å². The van der Waals surface area contributed by atoms with E-state index in [1.807, 2.05) is 22.9 Å². The van der Waals surface area contributed by atoms with Gasteiger partial charge < -0.3 is 14.2 Å². The molecule has 0 radical (unpaired) electrons. The number of aromatic nitrogens is 3. The van der Waals surface area contributed by atoms with Gasteiger partial charge in [0.1, 0.15) is 5.75 Å². The lowest BCUT2D eigenvalue weighted by Crippen LogP contribution is -2.48. The molecule has 2 saturated heterocycles. The number of nitrogens with zero attached hydrogens (tertiary/aromatic N) is 5. The molecular weight excluding hydrogens is 701 g/mol. The Morgan fingerprint density at radius 3 is 2.43 bits per heavy atom. The molecule has 2 bridgehead atoms. The van der Waals surface area contributed by atoms with Crippen molar-refractivity contribution in [2.45, 2.75) is 109 Å². The van der Waals surface area contributed by atoms with Crippen molar-refractivity contribution in [3.63, 3.8) is 0 Å². The molecule has 4 aromatic rings. The van der Waals surface area contributed by atoms with Gasteiger partial charge in [-0.2, -0.15) is 5.10 Å². The number of fused-ring (bicyclic) bond motifs is 7. The van der Waals surface area contributed by atoms with Gasteiger partial charge >= 0.3 is 0 Å². The number of rotatable bonds is 9. The van der Waals surface area contributed by atoms with E-state index in [9.17, 15) is 18.0 Å². The number of piperazine rings is 1. The standard InChI is InChI=1S/C42H52N6O5S/c1-7-45-23-32-20-31(45)24-46(32)42(50)36-21-43-48(25(2)3)39(36)30-17-29-18-33(53-6)14-16-34(29)40-38(27-11-9-8-10-12-27)35-15-13-28(19-37(35)47(40)22-30)41(49)44-54(51,52)26(4)5/h13-19,21,25-27,31-32H,7-12,20,22-24H2,1-6H3,(H,44,49)/t31?,32-/m1/s1. The van der Waals surface area contributed by atoms with Crippen LogP contribution in [-0.4, -0.2) is 88.5 Å². The Kier molecular flexibility index (Phi) is 9.49. The van der Waals surface area contributed by atoms with E-state index < -0.39 is 21.2 Å². The fourth-order valence-corrected chi connectivity index (χ4v) is 10.0. The summed E-state index contributed by atoms with van der Waals surface area (Å²) in [5.41, 5.74) is 7.85. The largest absolute Gasteiger partial charge is 0.497 e. The molecule has 2 amide bonds. The van der Waals surface area contributed by atoms with Crippen LogP contribution in [0.5, 0.6) is 5.75 Å². The number of hydrogen-bond acceptors (Lipinski definition) is 7. The zero-order valence-corrected chi connectivity index (χ0v) is 33.1. The first-order valence-corrected chi connectivity index (χ1v) is 21.2. The first-order valence-electron chi connectivity index (χ1n) is 19.6. The fourth-order valence-electron chi connectivity index (χ4n) is 9.40. The summed E-state index contributed by atoms with van der Waals surface area (Å²) in [6.07, 6.45) is 10.6. The summed E-state index contributed by atoms with van der Waals surface area (Å²) in [6.45, 7) is 12.5. The number of likely N-dealkylation sites (N-methyl/N-ethyl adjacent to an activating group) is 1. The van der Waals surface area contributed by atoms with E-state index in [1.165, 1.54) is 12.0 Å². The van der Waals surface area contributed by atoms with Crippen molar-refractivity contribution in [2.75, 3.05) is 26.7 Å². The molecule has 1 aliphatic carbocycles. The number of allylic oxidation sites excluding steroid dienone is 1. The summed E-state index contributed by atoms with van der Waals surface area (Å²) in [4.78, 5) is 32.7. The zero-order valence-electron chi connectivity index (χ0n) is 32.3. The van der Waals surface area contributed by atoms with E-state index in [0.29, 0.717) is 24.1 Å². The summed E-state index contributed by atoms with van der Waals surface area (Å²) < 4.78 is 37.9. The first kappa shape index (κ1) is 36.6. The number of methoxy groups -OCH3 is 1. The number of amides is 2. The molecular formula is C42H52N6O5S. The minimum Gasteiger partial charge on any atom is -0.497 e. The minimum atomic E-state index is -3.84. The number of carbonyl (C=O) groups is 2. The van der Waals surface area contributed by atoms with E-state index in [4.69, 9.17) is 9.84 Å². The number of benzene rings is 2. The van der Waals surface area contributed by atoms with Gasteiger partial charge in [-0.05, 0) is 113 Å². The third-order valence-electron chi connectivity index (χ3n) is 12.2. The van der Waals surface area contributed by atoms with Gasteiger partial charge in [-0.15, -0.1) is 0 Å². The van der Waals surface area contributed by atoms with Crippen LogP contribution >= 0.6 is 0 Å². The monoisotopic (exact) mass is 752 g/mol. The van der Waals surface area contributed by atoms with Crippen molar-refractivity contribution in [3.8, 4) is 17.0 Å². The predicted molar refractivity (Wildman–Crippen MR) is 212 cm³/mol. The van der Waals surface area contributed by atoms with Crippen molar-refractivity contribution in [1.82, 2.24) is 28.9 Å². The molecule has 1 N–H and O–H groups in total. The Morgan fingerprint density at radius 1 is 0.981 bits per heavy atom. The molecule has 0 spiro atoms. The lowest BCUT2D eigenvalue weighted by molar-refractivity contribution is 0.0630. The first-order chi connectivity index (χ1) is 25.9. The summed E-state index contributed by atoms with van der Waals surface area (Å²) in [5, 5.41) is 5.16. The second kappa shape index (κ2) is 14.0. The number of likely N-dealkylation sites (tertiary alicyclic amines) is 2. The zero-order chi connectivity index (χ0) is 38.1. The van der Waals surface area contributed by atoms with Gasteiger partial charge in [0, 0.05) is 53.2 Å². The van der Waals surface area contributed by atoms with Crippen molar-refractivity contribution in [3.05, 3.63) is 70.5 Å². The molecule has 1 unspecified atom stereocenters. The van der Waals surface area contributed by atoms with Crippen molar-refractivity contribution < 1.29 is 22.7 Å². The predicted octanol–water partition coefficient (Wildman–Crippen LogP) is 7.08.